The lowest BCUT2D eigenvalue weighted by molar-refractivity contribution is 0.0962. The summed E-state index contributed by atoms with van der Waals surface area (Å²) in [5, 5.41) is 7.72. The summed E-state index contributed by atoms with van der Waals surface area (Å²) in [5.41, 5.74) is 2.23. The van der Waals surface area contributed by atoms with Gasteiger partial charge in [-0.2, -0.15) is 0 Å². The van der Waals surface area contributed by atoms with E-state index in [-0.39, 0.29) is 5.56 Å². The Morgan fingerprint density at radius 2 is 1.52 bits per heavy atom. The van der Waals surface area contributed by atoms with Crippen LogP contribution in [0.5, 0.6) is 0 Å². The number of sulfone groups is 1. The smallest absolute Gasteiger partial charge is 0.183 e. The van der Waals surface area contributed by atoms with Gasteiger partial charge in [-0.15, -0.1) is 0 Å². The summed E-state index contributed by atoms with van der Waals surface area (Å²) in [6, 6.07) is 16.3. The van der Waals surface area contributed by atoms with Crippen molar-refractivity contribution in [1.82, 2.24) is 0 Å². The molecule has 0 heterocycles. The van der Waals surface area contributed by atoms with Crippen LogP contribution in [0.1, 0.15) is 10.4 Å². The van der Waals surface area contributed by atoms with Gasteiger partial charge in [0.05, 0.1) is 6.61 Å². The monoisotopic (exact) mass is 304 g/mol. The van der Waals surface area contributed by atoms with Crippen molar-refractivity contribution < 1.29 is 18.3 Å². The van der Waals surface area contributed by atoms with Gasteiger partial charge in [-0.25, -0.2) is 8.42 Å². The van der Waals surface area contributed by atoms with E-state index in [1.807, 2.05) is 30.3 Å². The molecule has 110 valence electrons. The lowest BCUT2D eigenvalue weighted by Gasteiger charge is -2.11. The standard InChI is InChI=1S/C16H16O4S/c1-21(19,20)15(11-17)16(18)14-9-7-13(8-10-14)12-5-3-2-4-6-12/h2-10,15,17H,11H2,1H3/t15-/m1/s1. The Bertz CT molecular complexity index is 719. The third kappa shape index (κ3) is 3.56. The number of hydrogen-bond donors (Lipinski definition) is 1. The third-order valence-electron chi connectivity index (χ3n) is 3.25. The van der Waals surface area contributed by atoms with Crippen molar-refractivity contribution in [3.63, 3.8) is 0 Å². The number of benzene rings is 2. The molecule has 0 aromatic heterocycles. The molecule has 0 saturated heterocycles. The van der Waals surface area contributed by atoms with Gasteiger partial charge in [-0.3, -0.25) is 4.79 Å². The van der Waals surface area contributed by atoms with Crippen molar-refractivity contribution in [3.8, 4) is 11.1 Å². The summed E-state index contributed by atoms with van der Waals surface area (Å²) in [6.45, 7) is -0.710. The molecule has 2 aromatic carbocycles. The summed E-state index contributed by atoms with van der Waals surface area (Å²) >= 11 is 0. The molecule has 0 bridgehead atoms. The van der Waals surface area contributed by atoms with Gasteiger partial charge >= 0.3 is 0 Å². The molecule has 0 saturated carbocycles. The first-order chi connectivity index (χ1) is 9.93. The number of carbonyl (C=O) groups is 1. The number of Topliss-reactive ketones (excluding diaryl/α,β-unsaturated/α-hetero) is 1. The van der Waals surface area contributed by atoms with Gasteiger partial charge < -0.3 is 5.11 Å². The second-order valence-corrected chi connectivity index (χ2v) is 7.04. The second-order valence-electron chi connectivity index (χ2n) is 4.81. The zero-order valence-corrected chi connectivity index (χ0v) is 12.4. The summed E-state index contributed by atoms with van der Waals surface area (Å²) in [5.74, 6) is -0.584. The first kappa shape index (κ1) is 15.4. The number of ketones is 1. The highest BCUT2D eigenvalue weighted by Gasteiger charge is 2.28. The minimum absolute atomic E-state index is 0.277. The van der Waals surface area contributed by atoms with Crippen molar-refractivity contribution in [1.29, 1.82) is 0 Å². The van der Waals surface area contributed by atoms with Crippen LogP contribution in [-0.4, -0.2) is 37.4 Å². The highest BCUT2D eigenvalue weighted by atomic mass is 32.2. The van der Waals surface area contributed by atoms with Crippen molar-refractivity contribution >= 4 is 15.6 Å². The molecule has 0 radical (unpaired) electrons. The first-order valence-corrected chi connectivity index (χ1v) is 8.38. The van der Waals surface area contributed by atoms with Crippen LogP contribution < -0.4 is 0 Å². The van der Waals surface area contributed by atoms with Crippen LogP contribution in [0.4, 0.5) is 0 Å². The van der Waals surface area contributed by atoms with Gasteiger partial charge in [-0.1, -0.05) is 54.6 Å². The zero-order valence-electron chi connectivity index (χ0n) is 11.6. The summed E-state index contributed by atoms with van der Waals surface area (Å²) in [6.07, 6.45) is 0.949. The van der Waals surface area contributed by atoms with Crippen molar-refractivity contribution in [2.45, 2.75) is 5.25 Å². The molecule has 1 atom stereocenters. The fourth-order valence-electron chi connectivity index (χ4n) is 2.06. The normalized spacial score (nSPS) is 12.9. The van der Waals surface area contributed by atoms with Crippen LogP contribution in [0.2, 0.25) is 0 Å². The van der Waals surface area contributed by atoms with Gasteiger partial charge in [0.2, 0.25) is 0 Å². The van der Waals surface area contributed by atoms with Gasteiger partial charge in [0.1, 0.15) is 5.25 Å². The number of aliphatic hydroxyl groups is 1. The van der Waals surface area contributed by atoms with E-state index >= 15 is 0 Å². The molecule has 0 aliphatic carbocycles. The SMILES string of the molecule is CS(=O)(=O)[C@H](CO)C(=O)c1ccc(-c2ccccc2)cc1. The predicted octanol–water partition coefficient (Wildman–Crippen LogP) is 1.94. The van der Waals surface area contributed by atoms with E-state index in [4.69, 9.17) is 5.11 Å². The molecule has 0 fully saturated rings. The van der Waals surface area contributed by atoms with Gasteiger partial charge in [-0.05, 0) is 11.1 Å². The molecule has 2 rings (SSSR count). The second kappa shape index (κ2) is 6.20. The number of aliphatic hydroxyl groups excluding tert-OH is 1. The average Bonchev–Trinajstić information content (AvgIpc) is 2.47. The fraction of sp³-hybridized carbons (Fsp3) is 0.188. The molecule has 2 aromatic rings. The van der Waals surface area contributed by atoms with Crippen molar-refractivity contribution in [3.05, 3.63) is 60.2 Å². The first-order valence-electron chi connectivity index (χ1n) is 6.43. The molecule has 1 N–H and O–H groups in total. The Morgan fingerprint density at radius 3 is 2.00 bits per heavy atom. The predicted molar refractivity (Wildman–Crippen MR) is 81.9 cm³/mol. The van der Waals surface area contributed by atoms with E-state index in [0.29, 0.717) is 0 Å². The Morgan fingerprint density at radius 1 is 1.00 bits per heavy atom. The fourth-order valence-corrected chi connectivity index (χ4v) is 2.85. The van der Waals surface area contributed by atoms with E-state index in [0.717, 1.165) is 17.4 Å². The van der Waals surface area contributed by atoms with E-state index < -0.39 is 27.5 Å². The molecular formula is C16H16O4S. The van der Waals surface area contributed by atoms with Gasteiger partial charge in [0.25, 0.3) is 0 Å². The maximum absolute atomic E-state index is 12.1. The van der Waals surface area contributed by atoms with Crippen LogP contribution in [0.15, 0.2) is 54.6 Å². The van der Waals surface area contributed by atoms with Gasteiger partial charge in [0.15, 0.2) is 15.6 Å². The maximum atomic E-state index is 12.1. The molecule has 0 amide bonds. The third-order valence-corrected chi connectivity index (χ3v) is 4.65. The lowest BCUT2D eigenvalue weighted by Crippen LogP contribution is -2.33. The Kier molecular flexibility index (Phi) is 4.55. The Labute approximate surface area is 124 Å². The topological polar surface area (TPSA) is 71.4 Å². The molecular weight excluding hydrogens is 288 g/mol. The van der Waals surface area contributed by atoms with Crippen molar-refractivity contribution in [2.24, 2.45) is 0 Å². The Balaban J connectivity index is 2.29. The largest absolute Gasteiger partial charge is 0.395 e. The average molecular weight is 304 g/mol. The van der Waals surface area contributed by atoms with E-state index in [1.54, 1.807) is 24.3 Å². The molecule has 0 aliphatic heterocycles. The molecule has 0 spiro atoms. The van der Waals surface area contributed by atoms with Crippen molar-refractivity contribution in [2.75, 3.05) is 12.9 Å². The molecule has 4 nitrogen and oxygen atoms in total. The van der Waals surface area contributed by atoms with Crippen LogP contribution in [0, 0.1) is 0 Å². The van der Waals surface area contributed by atoms with E-state index in [9.17, 15) is 13.2 Å². The quantitative estimate of drug-likeness (QED) is 0.857. The summed E-state index contributed by atoms with van der Waals surface area (Å²) < 4.78 is 23.0. The van der Waals surface area contributed by atoms with Crippen LogP contribution in [0.25, 0.3) is 11.1 Å². The molecule has 0 unspecified atom stereocenters. The summed E-state index contributed by atoms with van der Waals surface area (Å²) in [7, 11) is -3.62. The van der Waals surface area contributed by atoms with E-state index in [1.165, 1.54) is 0 Å². The Hall–Kier alpha value is -1.98. The maximum Gasteiger partial charge on any atom is 0.183 e. The molecule has 0 aliphatic rings. The minimum Gasteiger partial charge on any atom is -0.395 e. The molecule has 21 heavy (non-hydrogen) atoms. The number of rotatable bonds is 5. The van der Waals surface area contributed by atoms with E-state index in [2.05, 4.69) is 0 Å². The minimum atomic E-state index is -3.62. The number of hydrogen-bond acceptors (Lipinski definition) is 4. The number of carbonyl (C=O) groups excluding carboxylic acids is 1. The lowest BCUT2D eigenvalue weighted by atomic mass is 10.0. The highest BCUT2D eigenvalue weighted by Crippen LogP contribution is 2.20. The van der Waals surface area contributed by atoms with Gasteiger partial charge in [0, 0.05) is 11.8 Å². The highest BCUT2D eigenvalue weighted by molar-refractivity contribution is 7.92. The van der Waals surface area contributed by atoms with Crippen LogP contribution in [-0.2, 0) is 9.84 Å². The zero-order chi connectivity index (χ0) is 15.5. The van der Waals surface area contributed by atoms with Crippen LogP contribution >= 0.6 is 0 Å². The summed E-state index contributed by atoms with van der Waals surface area (Å²) in [4.78, 5) is 12.1. The van der Waals surface area contributed by atoms with Crippen LogP contribution in [0.3, 0.4) is 0 Å². The molecule has 5 heteroatoms.